The second kappa shape index (κ2) is 9.26. The zero-order valence-electron chi connectivity index (χ0n) is 10.2. The Morgan fingerprint density at radius 1 is 1.21 bits per heavy atom. The largest absolute Gasteiger partial charge is 0.314 e. The van der Waals surface area contributed by atoms with E-state index < -0.39 is 0 Å². The van der Waals surface area contributed by atoms with Crippen LogP contribution < -0.4 is 5.32 Å². The first-order valence-corrected chi connectivity index (χ1v) is 6.08. The van der Waals surface area contributed by atoms with E-state index in [1.54, 1.807) is 0 Å². The summed E-state index contributed by atoms with van der Waals surface area (Å²) in [6.45, 7) is 11.7. The zero-order chi connectivity index (χ0) is 10.8. The Kier molecular flexibility index (Phi) is 9.06. The highest BCUT2D eigenvalue weighted by atomic mass is 14.9. The van der Waals surface area contributed by atoms with Gasteiger partial charge in [-0.15, -0.1) is 6.58 Å². The fourth-order valence-corrected chi connectivity index (χ4v) is 1.74. The maximum Gasteiger partial charge on any atom is 0.00668 e. The molecule has 0 aromatic rings. The van der Waals surface area contributed by atoms with Gasteiger partial charge in [0, 0.05) is 6.04 Å². The molecule has 0 radical (unpaired) electrons. The third kappa shape index (κ3) is 8.31. The molecule has 0 unspecified atom stereocenters. The topological polar surface area (TPSA) is 12.0 Å². The minimum atomic E-state index is 0.745. The van der Waals surface area contributed by atoms with Gasteiger partial charge in [0.15, 0.2) is 0 Å². The summed E-state index contributed by atoms with van der Waals surface area (Å²) in [6, 6.07) is 0.745. The molecular formula is C13H27N. The lowest BCUT2D eigenvalue weighted by molar-refractivity contribution is 0.440. The smallest absolute Gasteiger partial charge is 0.00668 e. The highest BCUT2D eigenvalue weighted by Gasteiger charge is 2.04. The van der Waals surface area contributed by atoms with Crippen molar-refractivity contribution < 1.29 is 0 Å². The summed E-state index contributed by atoms with van der Waals surface area (Å²) in [5.41, 5.74) is 1.30. The number of hydrogen-bond acceptors (Lipinski definition) is 1. The van der Waals surface area contributed by atoms with Gasteiger partial charge in [-0.2, -0.15) is 0 Å². The Morgan fingerprint density at radius 2 is 1.79 bits per heavy atom. The molecule has 1 heteroatoms. The second-order valence-corrected chi connectivity index (χ2v) is 4.29. The Labute approximate surface area is 90.0 Å². The van der Waals surface area contributed by atoms with E-state index in [2.05, 4.69) is 32.7 Å². The molecular weight excluding hydrogens is 170 g/mol. The van der Waals surface area contributed by atoms with Gasteiger partial charge in [0.1, 0.15) is 0 Å². The van der Waals surface area contributed by atoms with Gasteiger partial charge in [-0.05, 0) is 39.2 Å². The van der Waals surface area contributed by atoms with Gasteiger partial charge >= 0.3 is 0 Å². The number of nitrogens with one attached hydrogen (secondary N) is 1. The molecule has 0 fully saturated rings. The van der Waals surface area contributed by atoms with Gasteiger partial charge in [-0.3, -0.25) is 0 Å². The van der Waals surface area contributed by atoms with E-state index in [-0.39, 0.29) is 0 Å². The van der Waals surface area contributed by atoms with Crippen LogP contribution >= 0.6 is 0 Å². The molecule has 0 heterocycles. The molecule has 0 aromatic carbocycles. The molecule has 0 aliphatic heterocycles. The molecule has 0 aromatic heterocycles. The summed E-state index contributed by atoms with van der Waals surface area (Å²) in [7, 11) is 0. The summed E-state index contributed by atoms with van der Waals surface area (Å²) in [4.78, 5) is 0. The minimum Gasteiger partial charge on any atom is -0.314 e. The summed E-state index contributed by atoms with van der Waals surface area (Å²) in [6.07, 6.45) is 7.62. The van der Waals surface area contributed by atoms with Crippen molar-refractivity contribution >= 4 is 0 Å². The van der Waals surface area contributed by atoms with Crippen molar-refractivity contribution in [3.05, 3.63) is 12.2 Å². The fourth-order valence-electron chi connectivity index (χ4n) is 1.74. The van der Waals surface area contributed by atoms with Crippen molar-refractivity contribution in [3.63, 3.8) is 0 Å². The molecule has 0 atom stereocenters. The molecule has 0 amide bonds. The molecule has 1 nitrogen and oxygen atoms in total. The van der Waals surface area contributed by atoms with Gasteiger partial charge in [-0.1, -0.05) is 32.3 Å². The van der Waals surface area contributed by atoms with Crippen LogP contribution in [0, 0.1) is 0 Å². The van der Waals surface area contributed by atoms with Crippen LogP contribution in [0.25, 0.3) is 0 Å². The molecule has 0 aliphatic rings. The number of hydrogen-bond donors (Lipinski definition) is 1. The van der Waals surface area contributed by atoms with Gasteiger partial charge in [0.05, 0.1) is 0 Å². The third-order valence-corrected chi connectivity index (χ3v) is 2.49. The number of allylic oxidation sites excluding steroid dienone is 1. The molecule has 84 valence electrons. The van der Waals surface area contributed by atoms with Crippen molar-refractivity contribution in [2.75, 3.05) is 6.54 Å². The van der Waals surface area contributed by atoms with E-state index >= 15 is 0 Å². The Morgan fingerprint density at radius 3 is 2.21 bits per heavy atom. The van der Waals surface area contributed by atoms with Crippen LogP contribution in [0.4, 0.5) is 0 Å². The summed E-state index contributed by atoms with van der Waals surface area (Å²) in [5.74, 6) is 0. The molecule has 0 bridgehead atoms. The Balaban J connectivity index is 3.44. The highest BCUT2D eigenvalue weighted by Crippen LogP contribution is 2.05. The van der Waals surface area contributed by atoms with Crippen molar-refractivity contribution in [3.8, 4) is 0 Å². The molecule has 0 rings (SSSR count). The average molecular weight is 197 g/mol. The van der Waals surface area contributed by atoms with Crippen LogP contribution in [-0.2, 0) is 0 Å². The lowest BCUT2D eigenvalue weighted by atomic mass is 10.1. The third-order valence-electron chi connectivity index (χ3n) is 2.49. The maximum atomic E-state index is 3.92. The molecule has 0 saturated carbocycles. The molecule has 14 heavy (non-hydrogen) atoms. The van der Waals surface area contributed by atoms with E-state index in [1.165, 1.54) is 37.7 Å². The fraction of sp³-hybridized carbons (Fsp3) is 0.846. The van der Waals surface area contributed by atoms with E-state index in [0.29, 0.717) is 0 Å². The van der Waals surface area contributed by atoms with Crippen molar-refractivity contribution in [2.45, 2.75) is 65.3 Å². The van der Waals surface area contributed by atoms with Crippen LogP contribution in [0.15, 0.2) is 12.2 Å². The monoisotopic (exact) mass is 197 g/mol. The van der Waals surface area contributed by atoms with E-state index in [0.717, 1.165) is 19.0 Å². The first-order valence-electron chi connectivity index (χ1n) is 6.08. The molecule has 1 N–H and O–H groups in total. The minimum absolute atomic E-state index is 0.745. The highest BCUT2D eigenvalue weighted by molar-refractivity contribution is 4.87. The van der Waals surface area contributed by atoms with Gasteiger partial charge in [0.2, 0.25) is 0 Å². The first-order chi connectivity index (χ1) is 6.70. The molecule has 0 saturated heterocycles. The average Bonchev–Trinajstić information content (AvgIpc) is 2.12. The van der Waals surface area contributed by atoms with Crippen molar-refractivity contribution in [2.24, 2.45) is 0 Å². The van der Waals surface area contributed by atoms with Crippen LogP contribution in [0.1, 0.15) is 59.3 Å². The predicted molar refractivity (Wildman–Crippen MR) is 65.7 cm³/mol. The maximum absolute atomic E-state index is 3.92. The predicted octanol–water partition coefficient (Wildman–Crippen LogP) is 3.90. The summed E-state index contributed by atoms with van der Waals surface area (Å²) >= 11 is 0. The zero-order valence-corrected chi connectivity index (χ0v) is 10.2. The van der Waals surface area contributed by atoms with E-state index in [4.69, 9.17) is 0 Å². The summed E-state index contributed by atoms with van der Waals surface area (Å²) < 4.78 is 0. The SMILES string of the molecule is C=C(C)CCCNC(CCC)CCC. The van der Waals surface area contributed by atoms with Crippen LogP contribution in [0.5, 0.6) is 0 Å². The van der Waals surface area contributed by atoms with E-state index in [9.17, 15) is 0 Å². The molecule has 0 aliphatic carbocycles. The van der Waals surface area contributed by atoms with Crippen molar-refractivity contribution in [1.82, 2.24) is 5.32 Å². The van der Waals surface area contributed by atoms with Crippen LogP contribution in [0.2, 0.25) is 0 Å². The van der Waals surface area contributed by atoms with Gasteiger partial charge in [0.25, 0.3) is 0 Å². The van der Waals surface area contributed by atoms with Gasteiger partial charge in [-0.25, -0.2) is 0 Å². The van der Waals surface area contributed by atoms with Crippen LogP contribution in [-0.4, -0.2) is 12.6 Å². The number of rotatable bonds is 9. The van der Waals surface area contributed by atoms with E-state index in [1.807, 2.05) is 0 Å². The quantitative estimate of drug-likeness (QED) is 0.436. The lowest BCUT2D eigenvalue weighted by Crippen LogP contribution is -2.29. The standard InChI is InChI=1S/C13H27N/c1-5-8-13(9-6-2)14-11-7-10-12(3)4/h13-14H,3,5-11H2,1-2,4H3. The van der Waals surface area contributed by atoms with Crippen molar-refractivity contribution in [1.29, 1.82) is 0 Å². The van der Waals surface area contributed by atoms with Crippen LogP contribution in [0.3, 0.4) is 0 Å². The second-order valence-electron chi connectivity index (χ2n) is 4.29. The Hall–Kier alpha value is -0.300. The summed E-state index contributed by atoms with van der Waals surface area (Å²) in [5, 5.41) is 3.64. The normalized spacial score (nSPS) is 10.9. The van der Waals surface area contributed by atoms with Gasteiger partial charge < -0.3 is 5.32 Å². The Bertz CT molecular complexity index is 134. The lowest BCUT2D eigenvalue weighted by Gasteiger charge is -2.17. The molecule has 0 spiro atoms. The first kappa shape index (κ1) is 13.7.